The third-order valence-corrected chi connectivity index (χ3v) is 5.91. The van der Waals surface area contributed by atoms with Crippen LogP contribution in [0.15, 0.2) is 47.8 Å². The van der Waals surface area contributed by atoms with Crippen molar-refractivity contribution in [3.8, 4) is 0 Å². The molecule has 0 aliphatic carbocycles. The number of amides is 2. The SMILES string of the molecule is Cc1cc2nc(C)c(CCC(=O)Nc3cccc(NC(=O)c4cccs4)c3)c(C)n2n1. The van der Waals surface area contributed by atoms with Gasteiger partial charge in [-0.05, 0) is 62.4 Å². The van der Waals surface area contributed by atoms with Gasteiger partial charge in [-0.25, -0.2) is 9.50 Å². The summed E-state index contributed by atoms with van der Waals surface area (Å²) in [5.74, 6) is -0.265. The van der Waals surface area contributed by atoms with Crippen LogP contribution in [0.4, 0.5) is 11.4 Å². The fraction of sp³-hybridized carbons (Fsp3) is 0.217. The highest BCUT2D eigenvalue weighted by atomic mass is 32.1. The van der Waals surface area contributed by atoms with Crippen LogP contribution in [0.2, 0.25) is 0 Å². The van der Waals surface area contributed by atoms with Crippen LogP contribution >= 0.6 is 11.3 Å². The van der Waals surface area contributed by atoms with Crippen molar-refractivity contribution < 1.29 is 9.59 Å². The number of carbonyl (C=O) groups excluding carboxylic acids is 2. The van der Waals surface area contributed by atoms with Crippen LogP contribution in [0.1, 0.15) is 38.7 Å². The lowest BCUT2D eigenvalue weighted by atomic mass is 10.1. The van der Waals surface area contributed by atoms with Crippen LogP contribution in [0.3, 0.4) is 0 Å². The zero-order chi connectivity index (χ0) is 22.0. The maximum Gasteiger partial charge on any atom is 0.265 e. The zero-order valence-corrected chi connectivity index (χ0v) is 18.4. The van der Waals surface area contributed by atoms with Crippen LogP contribution in [0.25, 0.3) is 5.65 Å². The van der Waals surface area contributed by atoms with E-state index in [4.69, 9.17) is 0 Å². The molecule has 2 amide bonds. The Bertz CT molecular complexity index is 1260. The molecule has 0 saturated heterocycles. The summed E-state index contributed by atoms with van der Waals surface area (Å²) < 4.78 is 1.83. The van der Waals surface area contributed by atoms with Gasteiger partial charge in [-0.1, -0.05) is 12.1 Å². The molecule has 3 heterocycles. The molecule has 0 saturated carbocycles. The van der Waals surface area contributed by atoms with E-state index >= 15 is 0 Å². The molecule has 8 heteroatoms. The van der Waals surface area contributed by atoms with Crippen molar-refractivity contribution in [3.05, 3.63) is 75.4 Å². The molecule has 0 aliphatic rings. The molecule has 4 rings (SSSR count). The lowest BCUT2D eigenvalue weighted by molar-refractivity contribution is -0.116. The highest BCUT2D eigenvalue weighted by Gasteiger charge is 2.13. The third-order valence-electron chi connectivity index (χ3n) is 5.04. The summed E-state index contributed by atoms with van der Waals surface area (Å²) in [6.45, 7) is 5.90. The molecule has 2 N–H and O–H groups in total. The first-order valence-electron chi connectivity index (χ1n) is 9.98. The average Bonchev–Trinajstić information content (AvgIpc) is 3.38. The molecule has 0 radical (unpaired) electrons. The van der Waals surface area contributed by atoms with Gasteiger partial charge in [0, 0.05) is 35.2 Å². The van der Waals surface area contributed by atoms with Crippen LogP contribution in [0.5, 0.6) is 0 Å². The van der Waals surface area contributed by atoms with Gasteiger partial charge >= 0.3 is 0 Å². The molecule has 0 bridgehead atoms. The first-order valence-corrected chi connectivity index (χ1v) is 10.9. The maximum absolute atomic E-state index is 12.6. The number of rotatable bonds is 6. The minimum Gasteiger partial charge on any atom is -0.326 e. The Kier molecular flexibility index (Phi) is 5.81. The summed E-state index contributed by atoms with van der Waals surface area (Å²) in [7, 11) is 0. The van der Waals surface area contributed by atoms with Gasteiger partial charge in [0.25, 0.3) is 5.91 Å². The van der Waals surface area contributed by atoms with Crippen LogP contribution < -0.4 is 10.6 Å². The number of aryl methyl sites for hydroxylation is 3. The lowest BCUT2D eigenvalue weighted by Crippen LogP contribution is -2.15. The molecular weight excluding hydrogens is 410 g/mol. The minimum absolute atomic E-state index is 0.0997. The molecule has 1 aromatic carbocycles. The quantitative estimate of drug-likeness (QED) is 0.467. The first kappa shape index (κ1) is 20.7. The third kappa shape index (κ3) is 4.64. The number of anilines is 2. The molecule has 158 valence electrons. The van der Waals surface area contributed by atoms with E-state index in [1.807, 2.05) is 42.8 Å². The van der Waals surface area contributed by atoms with Gasteiger partial charge in [0.1, 0.15) is 0 Å². The molecule has 0 spiro atoms. The smallest absolute Gasteiger partial charge is 0.265 e. The molecule has 4 aromatic rings. The maximum atomic E-state index is 12.6. The van der Waals surface area contributed by atoms with Gasteiger partial charge < -0.3 is 10.6 Å². The summed E-state index contributed by atoms with van der Waals surface area (Å²) in [4.78, 5) is 30.0. The first-order chi connectivity index (χ1) is 14.9. The summed E-state index contributed by atoms with van der Waals surface area (Å²) in [5, 5.41) is 12.1. The standard InChI is InChI=1S/C23H23N5O2S/c1-14-12-21-24-15(2)19(16(3)28(21)27-14)9-10-22(29)25-17-6-4-7-18(13-17)26-23(30)20-8-5-11-31-20/h4-8,11-13H,9-10H2,1-3H3,(H,25,29)(H,26,30). The van der Waals surface area contributed by atoms with E-state index in [0.717, 1.165) is 28.3 Å². The van der Waals surface area contributed by atoms with E-state index in [2.05, 4.69) is 20.7 Å². The van der Waals surface area contributed by atoms with Gasteiger partial charge in [-0.15, -0.1) is 11.3 Å². The molecule has 0 fully saturated rings. The number of fused-ring (bicyclic) bond motifs is 1. The topological polar surface area (TPSA) is 88.4 Å². The summed E-state index contributed by atoms with van der Waals surface area (Å²) >= 11 is 1.38. The number of nitrogens with zero attached hydrogens (tertiary/aromatic N) is 3. The monoisotopic (exact) mass is 433 g/mol. The molecule has 0 aliphatic heterocycles. The van der Waals surface area contributed by atoms with Crippen LogP contribution in [-0.4, -0.2) is 26.4 Å². The van der Waals surface area contributed by atoms with E-state index in [9.17, 15) is 9.59 Å². The number of hydrogen-bond donors (Lipinski definition) is 2. The highest BCUT2D eigenvalue weighted by molar-refractivity contribution is 7.12. The van der Waals surface area contributed by atoms with Crippen LogP contribution in [-0.2, 0) is 11.2 Å². The highest BCUT2D eigenvalue weighted by Crippen LogP contribution is 2.20. The lowest BCUT2D eigenvalue weighted by Gasteiger charge is -2.12. The fourth-order valence-corrected chi connectivity index (χ4v) is 4.16. The van der Waals surface area contributed by atoms with Gasteiger partial charge in [0.2, 0.25) is 5.91 Å². The van der Waals surface area contributed by atoms with Gasteiger partial charge in [-0.3, -0.25) is 9.59 Å². The van der Waals surface area contributed by atoms with E-state index in [-0.39, 0.29) is 11.8 Å². The second-order valence-corrected chi connectivity index (χ2v) is 8.32. The normalized spacial score (nSPS) is 10.9. The van der Waals surface area contributed by atoms with Crippen LogP contribution in [0, 0.1) is 20.8 Å². The Labute approximate surface area is 184 Å². The molecule has 3 aromatic heterocycles. The predicted molar refractivity (Wildman–Crippen MR) is 123 cm³/mol. The molecular formula is C23H23N5O2S. The molecule has 0 atom stereocenters. The fourth-order valence-electron chi connectivity index (χ4n) is 3.54. The second-order valence-electron chi connectivity index (χ2n) is 7.38. The van der Waals surface area contributed by atoms with Crippen molar-refractivity contribution >= 4 is 40.2 Å². The van der Waals surface area contributed by atoms with E-state index in [1.165, 1.54) is 11.3 Å². The van der Waals surface area contributed by atoms with E-state index in [1.54, 1.807) is 30.3 Å². The zero-order valence-electron chi connectivity index (χ0n) is 17.6. The Morgan fingerprint density at radius 1 is 1.03 bits per heavy atom. The van der Waals surface area contributed by atoms with Gasteiger partial charge in [0.05, 0.1) is 10.6 Å². The number of benzene rings is 1. The number of carbonyl (C=O) groups is 2. The molecule has 7 nitrogen and oxygen atoms in total. The number of thiophene rings is 1. The number of aromatic nitrogens is 3. The summed E-state index contributed by atoms with van der Waals surface area (Å²) in [6, 6.07) is 12.7. The van der Waals surface area contributed by atoms with E-state index < -0.39 is 0 Å². The Morgan fingerprint density at radius 3 is 2.55 bits per heavy atom. The van der Waals surface area contributed by atoms with Gasteiger partial charge in [-0.2, -0.15) is 5.10 Å². The molecule has 31 heavy (non-hydrogen) atoms. The largest absolute Gasteiger partial charge is 0.326 e. The Hall–Kier alpha value is -3.52. The van der Waals surface area contributed by atoms with E-state index in [0.29, 0.717) is 29.1 Å². The predicted octanol–water partition coefficient (Wildman–Crippen LogP) is 4.54. The molecule has 0 unspecified atom stereocenters. The second kappa shape index (κ2) is 8.69. The number of hydrogen-bond acceptors (Lipinski definition) is 5. The van der Waals surface area contributed by atoms with Crippen molar-refractivity contribution in [2.45, 2.75) is 33.6 Å². The van der Waals surface area contributed by atoms with Crippen molar-refractivity contribution in [1.29, 1.82) is 0 Å². The minimum atomic E-state index is -0.166. The number of nitrogens with one attached hydrogen (secondary N) is 2. The van der Waals surface area contributed by atoms with Crippen molar-refractivity contribution in [3.63, 3.8) is 0 Å². The summed E-state index contributed by atoms with van der Waals surface area (Å²) in [5.41, 5.74) is 5.95. The van der Waals surface area contributed by atoms with Crippen molar-refractivity contribution in [2.24, 2.45) is 0 Å². The van der Waals surface area contributed by atoms with Crippen molar-refractivity contribution in [2.75, 3.05) is 10.6 Å². The average molecular weight is 434 g/mol. The van der Waals surface area contributed by atoms with Gasteiger partial charge in [0.15, 0.2) is 5.65 Å². The Morgan fingerprint density at radius 2 is 1.81 bits per heavy atom. The Balaban J connectivity index is 1.40. The van der Waals surface area contributed by atoms with Crippen molar-refractivity contribution in [1.82, 2.24) is 14.6 Å². The summed E-state index contributed by atoms with van der Waals surface area (Å²) in [6.07, 6.45) is 0.890.